The van der Waals surface area contributed by atoms with Crippen LogP contribution >= 0.6 is 11.6 Å². The Kier molecular flexibility index (Phi) is 5.17. The number of hydrogen-bond donors (Lipinski definition) is 0. The van der Waals surface area contributed by atoms with Crippen LogP contribution in [0.5, 0.6) is 0 Å². The fourth-order valence-electron chi connectivity index (χ4n) is 1.89. The van der Waals surface area contributed by atoms with Crippen LogP contribution in [0.1, 0.15) is 25.8 Å². The molecule has 0 aliphatic carbocycles. The van der Waals surface area contributed by atoms with Gasteiger partial charge in [-0.15, -0.1) is 0 Å². The number of ether oxygens (including phenoxy) is 1. The molecule has 1 aromatic carbocycles. The van der Waals surface area contributed by atoms with Crippen molar-refractivity contribution in [3.8, 4) is 0 Å². The molecule has 0 aliphatic heterocycles. The first-order chi connectivity index (χ1) is 8.41. The fraction of sp³-hybridized carbons (Fsp3) is 0.500. The van der Waals surface area contributed by atoms with Crippen LogP contribution in [0, 0.1) is 0 Å². The predicted octanol–water partition coefficient (Wildman–Crippen LogP) is 3.07. The number of rotatable bonds is 5. The maximum Gasteiger partial charge on any atom is 0.308 e. The van der Waals surface area contributed by atoms with E-state index >= 15 is 0 Å². The van der Waals surface area contributed by atoms with Crippen molar-refractivity contribution < 1.29 is 9.53 Å². The molecule has 1 unspecified atom stereocenters. The molecule has 0 heterocycles. The Hall–Kier alpha value is -1.06. The highest BCUT2D eigenvalue weighted by Crippen LogP contribution is 2.34. The van der Waals surface area contributed by atoms with Crippen molar-refractivity contribution in [2.45, 2.75) is 25.8 Å². The number of hydrogen-bond acceptors (Lipinski definition) is 3. The van der Waals surface area contributed by atoms with Crippen LogP contribution in [-0.2, 0) is 15.1 Å². The molecule has 0 spiro atoms. The minimum Gasteiger partial charge on any atom is -0.466 e. The Morgan fingerprint density at radius 3 is 2.50 bits per heavy atom. The summed E-state index contributed by atoms with van der Waals surface area (Å²) in [7, 11) is 3.87. The molecule has 0 aromatic heterocycles. The lowest BCUT2D eigenvalue weighted by Gasteiger charge is -2.36. The van der Waals surface area contributed by atoms with Gasteiger partial charge in [0.15, 0.2) is 0 Å². The normalized spacial score (nSPS) is 14.3. The van der Waals surface area contributed by atoms with Gasteiger partial charge in [-0.3, -0.25) is 9.69 Å². The summed E-state index contributed by atoms with van der Waals surface area (Å²) in [6, 6.07) is 7.59. The summed E-state index contributed by atoms with van der Waals surface area (Å²) in [5, 5.41) is 0.665. The summed E-state index contributed by atoms with van der Waals surface area (Å²) in [6.07, 6.45) is 0.275. The second kappa shape index (κ2) is 6.21. The van der Waals surface area contributed by atoms with Gasteiger partial charge >= 0.3 is 5.97 Å². The third kappa shape index (κ3) is 3.24. The molecule has 0 fully saturated rings. The SMILES string of the molecule is CCOC(=O)CC(C)(c1ccccc1Cl)N(C)C. The predicted molar refractivity (Wildman–Crippen MR) is 73.7 cm³/mol. The van der Waals surface area contributed by atoms with Crippen molar-refractivity contribution >= 4 is 17.6 Å². The lowest BCUT2D eigenvalue weighted by Crippen LogP contribution is -2.41. The van der Waals surface area contributed by atoms with E-state index in [1.807, 2.05) is 50.2 Å². The van der Waals surface area contributed by atoms with E-state index in [4.69, 9.17) is 16.3 Å². The summed E-state index contributed by atoms with van der Waals surface area (Å²) in [5.41, 5.74) is 0.467. The van der Waals surface area contributed by atoms with Crippen LogP contribution in [0.4, 0.5) is 0 Å². The Morgan fingerprint density at radius 1 is 1.39 bits per heavy atom. The molecular formula is C14H20ClNO2. The van der Waals surface area contributed by atoms with Crippen molar-refractivity contribution in [1.29, 1.82) is 0 Å². The number of nitrogens with zero attached hydrogens (tertiary/aromatic N) is 1. The molecule has 4 heteroatoms. The second-order valence-electron chi connectivity index (χ2n) is 4.63. The van der Waals surface area contributed by atoms with Gasteiger partial charge in [0.1, 0.15) is 0 Å². The highest BCUT2D eigenvalue weighted by Gasteiger charge is 2.34. The Labute approximate surface area is 114 Å². The van der Waals surface area contributed by atoms with Crippen molar-refractivity contribution in [3.63, 3.8) is 0 Å². The molecule has 0 radical (unpaired) electrons. The molecule has 100 valence electrons. The maximum atomic E-state index is 11.8. The minimum atomic E-state index is -0.468. The van der Waals surface area contributed by atoms with Crippen molar-refractivity contribution in [1.82, 2.24) is 4.90 Å². The lowest BCUT2D eigenvalue weighted by atomic mass is 9.87. The van der Waals surface area contributed by atoms with Crippen LogP contribution in [-0.4, -0.2) is 31.6 Å². The van der Waals surface area contributed by atoms with Gasteiger partial charge in [0.2, 0.25) is 0 Å². The molecule has 0 N–H and O–H groups in total. The number of carbonyl (C=O) groups excluding carboxylic acids is 1. The van der Waals surface area contributed by atoms with E-state index in [1.165, 1.54) is 0 Å². The highest BCUT2D eigenvalue weighted by molar-refractivity contribution is 6.31. The average Bonchev–Trinajstić information content (AvgIpc) is 2.29. The largest absolute Gasteiger partial charge is 0.466 e. The first-order valence-corrected chi connectivity index (χ1v) is 6.37. The van der Waals surface area contributed by atoms with Gasteiger partial charge in [-0.25, -0.2) is 0 Å². The van der Waals surface area contributed by atoms with Crippen LogP contribution < -0.4 is 0 Å². The fourth-order valence-corrected chi connectivity index (χ4v) is 2.22. The summed E-state index contributed by atoms with van der Waals surface area (Å²) >= 11 is 6.23. The zero-order valence-corrected chi connectivity index (χ0v) is 12.1. The lowest BCUT2D eigenvalue weighted by molar-refractivity contribution is -0.146. The van der Waals surface area contributed by atoms with Crippen LogP contribution in [0.15, 0.2) is 24.3 Å². The Morgan fingerprint density at radius 2 is 2.00 bits per heavy atom. The number of esters is 1. The molecule has 0 bridgehead atoms. The van der Waals surface area contributed by atoms with Crippen LogP contribution in [0.25, 0.3) is 0 Å². The smallest absolute Gasteiger partial charge is 0.308 e. The third-order valence-corrected chi connectivity index (χ3v) is 3.56. The summed E-state index contributed by atoms with van der Waals surface area (Å²) in [5.74, 6) is -0.214. The van der Waals surface area contributed by atoms with Gasteiger partial charge in [0.05, 0.1) is 18.6 Å². The highest BCUT2D eigenvalue weighted by atomic mass is 35.5. The summed E-state index contributed by atoms with van der Waals surface area (Å²) < 4.78 is 5.04. The molecule has 0 aliphatic rings. The first-order valence-electron chi connectivity index (χ1n) is 6.00. The topological polar surface area (TPSA) is 29.5 Å². The Balaban J connectivity index is 3.08. The summed E-state index contributed by atoms with van der Waals surface area (Å²) in [4.78, 5) is 13.7. The quantitative estimate of drug-likeness (QED) is 0.770. The van der Waals surface area contributed by atoms with E-state index < -0.39 is 5.54 Å². The number of benzene rings is 1. The Bertz CT molecular complexity index is 420. The maximum absolute atomic E-state index is 11.8. The first kappa shape index (κ1) is 15.0. The zero-order chi connectivity index (χ0) is 13.8. The van der Waals surface area contributed by atoms with Crippen LogP contribution in [0.2, 0.25) is 5.02 Å². The van der Waals surface area contributed by atoms with E-state index in [0.29, 0.717) is 11.6 Å². The second-order valence-corrected chi connectivity index (χ2v) is 5.04. The van der Waals surface area contributed by atoms with Crippen molar-refractivity contribution in [3.05, 3.63) is 34.9 Å². The van der Waals surface area contributed by atoms with E-state index in [2.05, 4.69) is 0 Å². The van der Waals surface area contributed by atoms with E-state index in [0.717, 1.165) is 5.56 Å². The minimum absolute atomic E-state index is 0.214. The molecular weight excluding hydrogens is 250 g/mol. The van der Waals surface area contributed by atoms with Crippen LogP contribution in [0.3, 0.4) is 0 Å². The zero-order valence-electron chi connectivity index (χ0n) is 11.4. The molecule has 18 heavy (non-hydrogen) atoms. The molecule has 0 saturated heterocycles. The van der Waals surface area contributed by atoms with Crippen molar-refractivity contribution in [2.75, 3.05) is 20.7 Å². The molecule has 1 atom stereocenters. The average molecular weight is 270 g/mol. The van der Waals surface area contributed by atoms with Gasteiger partial charge < -0.3 is 4.74 Å². The molecule has 1 rings (SSSR count). The monoisotopic (exact) mass is 269 g/mol. The van der Waals surface area contributed by atoms with Gasteiger partial charge in [-0.2, -0.15) is 0 Å². The number of halogens is 1. The number of carbonyl (C=O) groups is 1. The van der Waals surface area contributed by atoms with Gasteiger partial charge in [-0.1, -0.05) is 29.8 Å². The van der Waals surface area contributed by atoms with Gasteiger partial charge in [0, 0.05) is 5.02 Å². The molecule has 3 nitrogen and oxygen atoms in total. The van der Waals surface area contributed by atoms with Gasteiger partial charge in [-0.05, 0) is 39.6 Å². The molecule has 1 aromatic rings. The van der Waals surface area contributed by atoms with Crippen molar-refractivity contribution in [2.24, 2.45) is 0 Å². The van der Waals surface area contributed by atoms with E-state index in [9.17, 15) is 4.79 Å². The third-order valence-electron chi connectivity index (χ3n) is 3.24. The molecule has 0 amide bonds. The van der Waals surface area contributed by atoms with Gasteiger partial charge in [0.25, 0.3) is 0 Å². The summed E-state index contributed by atoms with van der Waals surface area (Å²) in [6.45, 7) is 4.19. The van der Waals surface area contributed by atoms with E-state index in [-0.39, 0.29) is 12.4 Å². The van der Waals surface area contributed by atoms with E-state index in [1.54, 1.807) is 6.92 Å². The standard InChI is InChI=1S/C14H20ClNO2/c1-5-18-13(17)10-14(2,16(3)4)11-8-6-7-9-12(11)15/h6-9H,5,10H2,1-4H3. The molecule has 0 saturated carbocycles.